The van der Waals surface area contributed by atoms with E-state index < -0.39 is 5.97 Å². The Morgan fingerprint density at radius 1 is 1.15 bits per heavy atom. The number of aliphatic carboxylic acids is 1. The van der Waals surface area contributed by atoms with Gasteiger partial charge in [0.25, 0.3) is 0 Å². The van der Waals surface area contributed by atoms with Gasteiger partial charge in [0.15, 0.2) is 0 Å². The number of fused-ring (bicyclic) bond motifs is 1. The Morgan fingerprint density at radius 3 is 2.59 bits per heavy atom. The lowest BCUT2D eigenvalue weighted by Crippen LogP contribution is -2.38. The Balaban J connectivity index is 1.96. The van der Waals surface area contributed by atoms with E-state index in [-0.39, 0.29) is 12.5 Å². The van der Waals surface area contributed by atoms with Gasteiger partial charge in [0, 0.05) is 19.1 Å². The fraction of sp³-hybridized carbons (Fsp3) is 0.435. The molecule has 0 saturated heterocycles. The second-order valence-electron chi connectivity index (χ2n) is 7.59. The zero-order valence-electron chi connectivity index (χ0n) is 16.7. The summed E-state index contributed by atoms with van der Waals surface area (Å²) in [7, 11) is 1.70. The van der Waals surface area contributed by atoms with Crippen molar-refractivity contribution in [3.8, 4) is 5.75 Å². The molecule has 0 amide bonds. The third-order valence-electron chi connectivity index (χ3n) is 5.74. The Kier molecular flexibility index (Phi) is 5.85. The molecule has 27 heavy (non-hydrogen) atoms. The van der Waals surface area contributed by atoms with Crippen molar-refractivity contribution >= 4 is 5.97 Å². The number of aryl methyl sites for hydroxylation is 3. The third kappa shape index (κ3) is 4.33. The highest BCUT2D eigenvalue weighted by molar-refractivity contribution is 5.66. The average molecular weight is 367 g/mol. The molecular weight excluding hydrogens is 338 g/mol. The molecule has 0 fully saturated rings. The van der Waals surface area contributed by atoms with Crippen LogP contribution < -0.4 is 4.74 Å². The van der Waals surface area contributed by atoms with Crippen LogP contribution in [0.15, 0.2) is 30.3 Å². The molecule has 0 aliphatic carbocycles. The molecule has 0 saturated carbocycles. The summed E-state index contributed by atoms with van der Waals surface area (Å²) in [5.41, 5.74) is 7.69. The summed E-state index contributed by atoms with van der Waals surface area (Å²) in [6.45, 7) is 7.83. The van der Waals surface area contributed by atoms with Crippen LogP contribution in [0, 0.1) is 20.8 Å². The summed E-state index contributed by atoms with van der Waals surface area (Å²) in [4.78, 5) is 13.5. The van der Waals surface area contributed by atoms with Crippen LogP contribution in [0.3, 0.4) is 0 Å². The van der Waals surface area contributed by atoms with Crippen molar-refractivity contribution in [3.05, 3.63) is 63.7 Å². The molecule has 1 aliphatic heterocycles. The third-order valence-corrected chi connectivity index (χ3v) is 5.74. The Labute approximate surface area is 161 Å². The van der Waals surface area contributed by atoms with Gasteiger partial charge in [0.2, 0.25) is 0 Å². The number of rotatable bonds is 6. The number of ether oxygens (including phenoxy) is 1. The van der Waals surface area contributed by atoms with Crippen molar-refractivity contribution < 1.29 is 14.6 Å². The normalized spacial score (nSPS) is 16.8. The molecule has 2 aromatic rings. The Morgan fingerprint density at radius 2 is 1.89 bits per heavy atom. The molecule has 1 unspecified atom stereocenters. The van der Waals surface area contributed by atoms with Crippen molar-refractivity contribution in [2.75, 3.05) is 20.2 Å². The largest absolute Gasteiger partial charge is 0.496 e. The van der Waals surface area contributed by atoms with Gasteiger partial charge >= 0.3 is 5.97 Å². The molecule has 1 heterocycles. The van der Waals surface area contributed by atoms with Crippen LogP contribution >= 0.6 is 0 Å². The van der Waals surface area contributed by atoms with Gasteiger partial charge in [-0.3, -0.25) is 9.69 Å². The van der Waals surface area contributed by atoms with Gasteiger partial charge in [-0.05, 0) is 73.1 Å². The van der Waals surface area contributed by atoms with Crippen LogP contribution in [0.25, 0.3) is 0 Å². The number of hydrogen-bond acceptors (Lipinski definition) is 3. The first-order valence-corrected chi connectivity index (χ1v) is 9.58. The molecule has 1 atom stereocenters. The van der Waals surface area contributed by atoms with E-state index in [1.165, 1.54) is 27.8 Å². The number of carbonyl (C=O) groups is 1. The van der Waals surface area contributed by atoms with Crippen molar-refractivity contribution in [3.63, 3.8) is 0 Å². The first kappa shape index (κ1) is 19.4. The van der Waals surface area contributed by atoms with Crippen molar-refractivity contribution in [2.45, 2.75) is 46.1 Å². The topological polar surface area (TPSA) is 49.8 Å². The van der Waals surface area contributed by atoms with E-state index >= 15 is 0 Å². The van der Waals surface area contributed by atoms with Gasteiger partial charge in [0.05, 0.1) is 13.5 Å². The molecule has 0 radical (unpaired) electrons. The fourth-order valence-corrected chi connectivity index (χ4v) is 4.00. The van der Waals surface area contributed by atoms with Gasteiger partial charge in [-0.25, -0.2) is 0 Å². The minimum Gasteiger partial charge on any atom is -0.496 e. The van der Waals surface area contributed by atoms with Crippen LogP contribution in [-0.4, -0.2) is 36.2 Å². The Bertz CT molecular complexity index is 844. The maximum absolute atomic E-state index is 11.1. The molecule has 3 rings (SSSR count). The SMILES string of the molecule is COc1cc(CC2c3cc(C)c(C)cc3CCN2CCC(=O)O)ccc1C. The van der Waals surface area contributed by atoms with Crippen LogP contribution in [0.5, 0.6) is 5.75 Å². The molecule has 4 heteroatoms. The van der Waals surface area contributed by atoms with Gasteiger partial charge in [-0.2, -0.15) is 0 Å². The quantitative estimate of drug-likeness (QED) is 0.830. The zero-order chi connectivity index (χ0) is 19.6. The summed E-state index contributed by atoms with van der Waals surface area (Å²) < 4.78 is 5.49. The van der Waals surface area contributed by atoms with E-state index in [2.05, 4.69) is 49.1 Å². The zero-order valence-corrected chi connectivity index (χ0v) is 16.7. The number of methoxy groups -OCH3 is 1. The lowest BCUT2D eigenvalue weighted by atomic mass is 9.86. The van der Waals surface area contributed by atoms with E-state index in [1.54, 1.807) is 7.11 Å². The van der Waals surface area contributed by atoms with E-state index in [0.29, 0.717) is 6.54 Å². The first-order chi connectivity index (χ1) is 12.9. The molecule has 0 spiro atoms. The summed E-state index contributed by atoms with van der Waals surface area (Å²) in [6, 6.07) is 11.2. The molecular formula is C23H29NO3. The summed E-state index contributed by atoms with van der Waals surface area (Å²) in [6.07, 6.45) is 2.00. The summed E-state index contributed by atoms with van der Waals surface area (Å²) in [5, 5.41) is 9.15. The molecule has 2 aromatic carbocycles. The highest BCUT2D eigenvalue weighted by Gasteiger charge is 2.28. The predicted octanol–water partition coefficient (Wildman–Crippen LogP) is 4.24. The van der Waals surface area contributed by atoms with Gasteiger partial charge in [0.1, 0.15) is 5.75 Å². The molecule has 1 aliphatic rings. The van der Waals surface area contributed by atoms with E-state index in [4.69, 9.17) is 9.84 Å². The van der Waals surface area contributed by atoms with Crippen LogP contribution in [-0.2, 0) is 17.6 Å². The number of nitrogens with zero attached hydrogens (tertiary/aromatic N) is 1. The standard InChI is InChI=1S/C23H29NO3/c1-15-5-6-18(14-22(15)27-4)13-21-20-12-17(3)16(2)11-19(20)7-9-24(21)10-8-23(25)26/h5-6,11-12,14,21H,7-10,13H2,1-4H3,(H,25,26). The summed E-state index contributed by atoms with van der Waals surface area (Å²) in [5.74, 6) is 0.164. The smallest absolute Gasteiger partial charge is 0.304 e. The number of carboxylic acid groups (broad SMARTS) is 1. The summed E-state index contributed by atoms with van der Waals surface area (Å²) >= 11 is 0. The average Bonchev–Trinajstić information content (AvgIpc) is 2.63. The van der Waals surface area contributed by atoms with Gasteiger partial charge in [-0.15, -0.1) is 0 Å². The Hall–Kier alpha value is -2.33. The predicted molar refractivity (Wildman–Crippen MR) is 108 cm³/mol. The van der Waals surface area contributed by atoms with Gasteiger partial charge in [-0.1, -0.05) is 24.3 Å². The maximum atomic E-state index is 11.1. The number of hydrogen-bond donors (Lipinski definition) is 1. The number of benzene rings is 2. The minimum atomic E-state index is -0.739. The fourth-order valence-electron chi connectivity index (χ4n) is 4.00. The molecule has 4 nitrogen and oxygen atoms in total. The van der Waals surface area contributed by atoms with Crippen molar-refractivity contribution in [1.29, 1.82) is 0 Å². The van der Waals surface area contributed by atoms with E-state index in [0.717, 1.165) is 30.7 Å². The molecule has 0 bridgehead atoms. The monoisotopic (exact) mass is 367 g/mol. The first-order valence-electron chi connectivity index (χ1n) is 9.58. The van der Waals surface area contributed by atoms with Crippen molar-refractivity contribution in [1.82, 2.24) is 4.90 Å². The van der Waals surface area contributed by atoms with E-state index in [9.17, 15) is 4.79 Å². The molecule has 1 N–H and O–H groups in total. The van der Waals surface area contributed by atoms with Crippen LogP contribution in [0.1, 0.15) is 45.8 Å². The van der Waals surface area contributed by atoms with Crippen LogP contribution in [0.2, 0.25) is 0 Å². The second-order valence-corrected chi connectivity index (χ2v) is 7.59. The number of carboxylic acids is 1. The van der Waals surface area contributed by atoms with Gasteiger partial charge < -0.3 is 9.84 Å². The maximum Gasteiger partial charge on any atom is 0.304 e. The minimum absolute atomic E-state index is 0.174. The molecule has 144 valence electrons. The van der Waals surface area contributed by atoms with E-state index in [1.807, 2.05) is 6.92 Å². The lowest BCUT2D eigenvalue weighted by Gasteiger charge is -2.38. The molecule has 0 aromatic heterocycles. The highest BCUT2D eigenvalue weighted by Crippen LogP contribution is 2.35. The lowest BCUT2D eigenvalue weighted by molar-refractivity contribution is -0.137. The van der Waals surface area contributed by atoms with Crippen molar-refractivity contribution in [2.24, 2.45) is 0 Å². The highest BCUT2D eigenvalue weighted by atomic mass is 16.5. The van der Waals surface area contributed by atoms with Crippen LogP contribution in [0.4, 0.5) is 0 Å². The second kappa shape index (κ2) is 8.13.